The average molecular weight is 279 g/mol. The largest absolute Gasteiger partial charge is 0.485 e. The van der Waals surface area contributed by atoms with Crippen molar-refractivity contribution >= 4 is 15.9 Å². The fourth-order valence-electron chi connectivity index (χ4n) is 0.978. The van der Waals surface area contributed by atoms with Gasteiger partial charge in [-0.15, -0.1) is 0 Å². The van der Waals surface area contributed by atoms with Crippen LogP contribution in [0, 0.1) is 5.82 Å². The van der Waals surface area contributed by atoms with Gasteiger partial charge < -0.3 is 14.2 Å². The van der Waals surface area contributed by atoms with Crippen LogP contribution in [0.4, 0.5) is 4.39 Å². The lowest BCUT2D eigenvalue weighted by molar-refractivity contribution is -0.122. The van der Waals surface area contributed by atoms with Crippen LogP contribution in [0.1, 0.15) is 0 Å². The lowest BCUT2D eigenvalue weighted by Gasteiger charge is -2.14. The first-order valence-corrected chi connectivity index (χ1v) is 5.10. The highest BCUT2D eigenvalue weighted by atomic mass is 79.9. The van der Waals surface area contributed by atoms with E-state index in [-0.39, 0.29) is 12.4 Å². The number of rotatable bonds is 5. The van der Waals surface area contributed by atoms with Crippen molar-refractivity contribution in [3.63, 3.8) is 0 Å². The molecule has 3 nitrogen and oxygen atoms in total. The van der Waals surface area contributed by atoms with E-state index < -0.39 is 12.1 Å². The van der Waals surface area contributed by atoms with Crippen LogP contribution < -0.4 is 4.74 Å². The van der Waals surface area contributed by atoms with Gasteiger partial charge in [-0.05, 0) is 18.2 Å². The van der Waals surface area contributed by atoms with Crippen molar-refractivity contribution in [3.8, 4) is 5.75 Å². The summed E-state index contributed by atoms with van der Waals surface area (Å²) in [5, 5.41) is 0. The molecule has 0 aliphatic heterocycles. The van der Waals surface area contributed by atoms with E-state index in [1.807, 2.05) is 0 Å². The van der Waals surface area contributed by atoms with Crippen molar-refractivity contribution in [2.45, 2.75) is 6.29 Å². The van der Waals surface area contributed by atoms with Crippen LogP contribution in [0.15, 0.2) is 22.7 Å². The van der Waals surface area contributed by atoms with Crippen molar-refractivity contribution in [1.82, 2.24) is 0 Å². The molecule has 0 bridgehead atoms. The Bertz CT molecular complexity index is 316. The van der Waals surface area contributed by atoms with Gasteiger partial charge in [0.1, 0.15) is 6.61 Å². The second-order valence-corrected chi connectivity index (χ2v) is 3.70. The molecule has 15 heavy (non-hydrogen) atoms. The number of ether oxygens (including phenoxy) is 3. The molecule has 1 aromatic carbocycles. The molecule has 1 aromatic rings. The fourth-order valence-corrected chi connectivity index (χ4v) is 1.32. The van der Waals surface area contributed by atoms with Gasteiger partial charge in [0.2, 0.25) is 0 Å². The lowest BCUT2D eigenvalue weighted by atomic mass is 10.3. The van der Waals surface area contributed by atoms with E-state index in [1.165, 1.54) is 20.3 Å². The summed E-state index contributed by atoms with van der Waals surface area (Å²) in [5.41, 5.74) is 0. The van der Waals surface area contributed by atoms with E-state index >= 15 is 0 Å². The third-order valence-corrected chi connectivity index (χ3v) is 2.29. The molecular formula is C10H12BrFO3. The third kappa shape index (κ3) is 3.77. The van der Waals surface area contributed by atoms with Crippen LogP contribution in [-0.4, -0.2) is 27.1 Å². The first-order chi connectivity index (χ1) is 7.17. The Morgan fingerprint density at radius 2 is 2.00 bits per heavy atom. The summed E-state index contributed by atoms with van der Waals surface area (Å²) >= 11 is 3.23. The quantitative estimate of drug-likeness (QED) is 0.775. The Balaban J connectivity index is 2.60. The molecule has 0 unspecified atom stereocenters. The smallest absolute Gasteiger partial charge is 0.191 e. The highest BCUT2D eigenvalue weighted by Crippen LogP contribution is 2.22. The predicted molar refractivity (Wildman–Crippen MR) is 57.4 cm³/mol. The number of hydrogen-bond donors (Lipinski definition) is 0. The summed E-state index contributed by atoms with van der Waals surface area (Å²) in [5.74, 6) is -0.243. The van der Waals surface area contributed by atoms with Crippen molar-refractivity contribution in [1.29, 1.82) is 0 Å². The topological polar surface area (TPSA) is 27.7 Å². The summed E-state index contributed by atoms with van der Waals surface area (Å²) in [6, 6.07) is 4.48. The van der Waals surface area contributed by atoms with E-state index in [9.17, 15) is 4.39 Å². The number of halogens is 2. The Morgan fingerprint density at radius 1 is 1.33 bits per heavy atom. The van der Waals surface area contributed by atoms with Crippen molar-refractivity contribution in [2.24, 2.45) is 0 Å². The molecule has 0 radical (unpaired) electrons. The Hall–Kier alpha value is -0.650. The number of hydrogen-bond acceptors (Lipinski definition) is 3. The molecule has 1 rings (SSSR count). The van der Waals surface area contributed by atoms with Gasteiger partial charge in [0.05, 0.1) is 0 Å². The van der Waals surface area contributed by atoms with Crippen LogP contribution in [0.25, 0.3) is 0 Å². The molecule has 0 atom stereocenters. The summed E-state index contributed by atoms with van der Waals surface area (Å²) in [6.45, 7) is 0.139. The highest BCUT2D eigenvalue weighted by Gasteiger charge is 2.09. The SMILES string of the molecule is COC(COc1cc(Br)ccc1F)OC. The molecule has 0 spiro atoms. The minimum atomic E-state index is -0.497. The van der Waals surface area contributed by atoms with Gasteiger partial charge in [0, 0.05) is 18.7 Å². The number of methoxy groups -OCH3 is 2. The maximum atomic E-state index is 13.2. The summed E-state index contributed by atoms with van der Waals surface area (Å²) < 4.78 is 29.0. The second kappa shape index (κ2) is 6.05. The van der Waals surface area contributed by atoms with E-state index in [0.29, 0.717) is 0 Å². The summed E-state index contributed by atoms with van der Waals surface area (Å²) in [7, 11) is 2.99. The van der Waals surface area contributed by atoms with Gasteiger partial charge >= 0.3 is 0 Å². The van der Waals surface area contributed by atoms with E-state index in [1.54, 1.807) is 12.1 Å². The van der Waals surface area contributed by atoms with Gasteiger partial charge in [-0.3, -0.25) is 0 Å². The molecule has 5 heteroatoms. The van der Waals surface area contributed by atoms with Crippen molar-refractivity contribution < 1.29 is 18.6 Å². The van der Waals surface area contributed by atoms with E-state index in [0.717, 1.165) is 4.47 Å². The maximum Gasteiger partial charge on any atom is 0.191 e. The van der Waals surface area contributed by atoms with Crippen molar-refractivity contribution in [2.75, 3.05) is 20.8 Å². The van der Waals surface area contributed by atoms with E-state index in [4.69, 9.17) is 14.2 Å². The number of benzene rings is 1. The standard InChI is InChI=1S/C10H12BrFO3/c1-13-10(14-2)6-15-9-5-7(11)3-4-8(9)12/h3-5,10H,6H2,1-2H3. The van der Waals surface area contributed by atoms with Crippen LogP contribution >= 0.6 is 15.9 Å². The summed E-state index contributed by atoms with van der Waals surface area (Å²) in [6.07, 6.45) is -0.497. The normalized spacial score (nSPS) is 10.7. The molecule has 0 amide bonds. The van der Waals surface area contributed by atoms with Gasteiger partial charge in [-0.25, -0.2) is 4.39 Å². The third-order valence-electron chi connectivity index (χ3n) is 1.79. The highest BCUT2D eigenvalue weighted by molar-refractivity contribution is 9.10. The van der Waals surface area contributed by atoms with Crippen LogP contribution in [0.2, 0.25) is 0 Å². The monoisotopic (exact) mass is 278 g/mol. The average Bonchev–Trinajstić information content (AvgIpc) is 2.24. The van der Waals surface area contributed by atoms with Crippen LogP contribution in [0.3, 0.4) is 0 Å². The molecular weight excluding hydrogens is 267 g/mol. The second-order valence-electron chi connectivity index (χ2n) is 2.79. The molecule has 0 heterocycles. The zero-order chi connectivity index (χ0) is 11.3. The Morgan fingerprint density at radius 3 is 2.60 bits per heavy atom. The minimum Gasteiger partial charge on any atom is -0.485 e. The maximum absolute atomic E-state index is 13.2. The molecule has 0 N–H and O–H groups in total. The first-order valence-electron chi connectivity index (χ1n) is 4.30. The molecule has 84 valence electrons. The predicted octanol–water partition coefficient (Wildman–Crippen LogP) is 2.59. The van der Waals surface area contributed by atoms with Gasteiger partial charge in [0.25, 0.3) is 0 Å². The lowest BCUT2D eigenvalue weighted by Crippen LogP contribution is -2.22. The molecule has 0 saturated carbocycles. The zero-order valence-electron chi connectivity index (χ0n) is 8.50. The zero-order valence-corrected chi connectivity index (χ0v) is 10.1. The molecule has 0 fully saturated rings. The first kappa shape index (κ1) is 12.4. The molecule has 0 aliphatic rings. The summed E-state index contributed by atoms with van der Waals surface area (Å²) in [4.78, 5) is 0. The van der Waals surface area contributed by atoms with Crippen LogP contribution in [0.5, 0.6) is 5.75 Å². The fraction of sp³-hybridized carbons (Fsp3) is 0.400. The Kier molecular flexibility index (Phi) is 5.01. The molecule has 0 aromatic heterocycles. The van der Waals surface area contributed by atoms with Gasteiger partial charge in [0.15, 0.2) is 17.9 Å². The molecule has 0 aliphatic carbocycles. The van der Waals surface area contributed by atoms with Crippen LogP contribution in [-0.2, 0) is 9.47 Å². The Labute approximate surface area is 96.3 Å². The van der Waals surface area contributed by atoms with Gasteiger partial charge in [-0.1, -0.05) is 15.9 Å². The molecule has 0 saturated heterocycles. The van der Waals surface area contributed by atoms with Gasteiger partial charge in [-0.2, -0.15) is 0 Å². The van der Waals surface area contributed by atoms with Crippen molar-refractivity contribution in [3.05, 3.63) is 28.5 Å². The minimum absolute atomic E-state index is 0.139. The van der Waals surface area contributed by atoms with E-state index in [2.05, 4.69) is 15.9 Å².